The van der Waals surface area contributed by atoms with Crippen LogP contribution in [0.15, 0.2) is 23.3 Å². The molecule has 0 aromatic heterocycles. The monoisotopic (exact) mass is 352 g/mol. The number of benzene rings is 1. The van der Waals surface area contributed by atoms with E-state index < -0.39 is 34.7 Å². The summed E-state index contributed by atoms with van der Waals surface area (Å²) in [6.07, 6.45) is 2.10. The van der Waals surface area contributed by atoms with E-state index in [1.807, 2.05) is 0 Å². The largest absolute Gasteiger partial charge is 0.368 e. The fourth-order valence-corrected chi connectivity index (χ4v) is 2.20. The fraction of sp³-hybridized carbons (Fsp3) is 0.333. The maximum atomic E-state index is 13.5. The number of primary amides is 1. The zero-order chi connectivity index (χ0) is 18.6. The van der Waals surface area contributed by atoms with Crippen molar-refractivity contribution in [1.82, 2.24) is 5.32 Å². The molecule has 1 aromatic rings. The third kappa shape index (κ3) is 4.35. The summed E-state index contributed by atoms with van der Waals surface area (Å²) in [5.41, 5.74) is 11.3. The van der Waals surface area contributed by atoms with Crippen molar-refractivity contribution in [1.29, 1.82) is 5.41 Å². The van der Waals surface area contributed by atoms with Crippen LogP contribution in [-0.2, 0) is 9.59 Å². The molecule has 10 heteroatoms. The fourth-order valence-electron chi connectivity index (χ4n) is 2.20. The van der Waals surface area contributed by atoms with E-state index in [1.54, 1.807) is 0 Å². The zero-order valence-electron chi connectivity index (χ0n) is 13.2. The Labute approximate surface area is 142 Å². The maximum absolute atomic E-state index is 13.5. The molecule has 25 heavy (non-hydrogen) atoms. The van der Waals surface area contributed by atoms with Gasteiger partial charge in [-0.3, -0.25) is 15.0 Å². The first-order valence-electron chi connectivity index (χ1n) is 7.44. The van der Waals surface area contributed by atoms with Crippen molar-refractivity contribution in [3.63, 3.8) is 0 Å². The van der Waals surface area contributed by atoms with Crippen LogP contribution < -0.4 is 22.2 Å². The molecule has 2 rings (SSSR count). The first kappa shape index (κ1) is 18.5. The van der Waals surface area contributed by atoms with Gasteiger partial charge in [0, 0.05) is 12.6 Å². The molecule has 8 nitrogen and oxygen atoms in total. The minimum absolute atomic E-state index is 0.106. The second kappa shape index (κ2) is 7.34. The lowest BCUT2D eigenvalue weighted by atomic mass is 9.93. The number of nitrogens with zero attached hydrogens (tertiary/aromatic N) is 1. The Morgan fingerprint density at radius 2 is 2.08 bits per heavy atom. The summed E-state index contributed by atoms with van der Waals surface area (Å²) in [7, 11) is 0. The highest BCUT2D eigenvalue weighted by Crippen LogP contribution is 2.37. The molecule has 0 saturated heterocycles. The minimum atomic E-state index is -1.37. The van der Waals surface area contributed by atoms with Gasteiger partial charge in [-0.2, -0.15) is 5.10 Å². The summed E-state index contributed by atoms with van der Waals surface area (Å²) in [4.78, 5) is 23.6. The van der Waals surface area contributed by atoms with Crippen LogP contribution in [0.5, 0.6) is 0 Å². The summed E-state index contributed by atoms with van der Waals surface area (Å²) in [5, 5.41) is 13.2. The second-order valence-electron chi connectivity index (χ2n) is 5.74. The van der Waals surface area contributed by atoms with Crippen molar-refractivity contribution in [2.24, 2.45) is 22.5 Å². The number of nitrogens with one attached hydrogen (secondary N) is 3. The molecule has 0 unspecified atom stereocenters. The molecule has 0 bridgehead atoms. The lowest BCUT2D eigenvalue weighted by molar-refractivity contribution is -0.124. The number of hydrogen-bond acceptors (Lipinski definition) is 6. The lowest BCUT2D eigenvalue weighted by Crippen LogP contribution is -2.61. The number of carbonyl (C=O) groups excluding carboxylic acids is 2. The average Bonchev–Trinajstić information content (AvgIpc) is 3.41. The molecule has 0 radical (unpaired) electrons. The van der Waals surface area contributed by atoms with Gasteiger partial charge in [0.1, 0.15) is 17.2 Å². The van der Waals surface area contributed by atoms with Crippen molar-refractivity contribution < 1.29 is 18.4 Å². The Kier molecular flexibility index (Phi) is 5.42. The van der Waals surface area contributed by atoms with E-state index in [9.17, 15) is 18.4 Å². The Morgan fingerprint density at radius 1 is 1.40 bits per heavy atom. The van der Waals surface area contributed by atoms with Gasteiger partial charge in [-0.25, -0.2) is 8.78 Å². The predicted molar refractivity (Wildman–Crippen MR) is 88.0 cm³/mol. The van der Waals surface area contributed by atoms with Gasteiger partial charge in [0.2, 0.25) is 5.91 Å². The Bertz CT molecular complexity index is 735. The van der Waals surface area contributed by atoms with Crippen LogP contribution in [0.3, 0.4) is 0 Å². The number of rotatable bonds is 8. The van der Waals surface area contributed by atoms with E-state index in [1.165, 1.54) is 0 Å². The molecule has 0 spiro atoms. The van der Waals surface area contributed by atoms with Crippen molar-refractivity contribution >= 4 is 29.4 Å². The zero-order valence-corrected chi connectivity index (χ0v) is 13.2. The Balaban J connectivity index is 2.04. The number of hydrazone groups is 1. The van der Waals surface area contributed by atoms with Gasteiger partial charge >= 0.3 is 0 Å². The molecule has 0 aliphatic heterocycles. The van der Waals surface area contributed by atoms with E-state index in [2.05, 4.69) is 15.8 Å². The van der Waals surface area contributed by atoms with E-state index in [-0.39, 0.29) is 18.2 Å². The summed E-state index contributed by atoms with van der Waals surface area (Å²) in [6.45, 7) is -0.215. The predicted octanol–water partition coefficient (Wildman–Crippen LogP) is 0.0913. The van der Waals surface area contributed by atoms with Gasteiger partial charge < -0.3 is 22.2 Å². The quantitative estimate of drug-likeness (QED) is 0.333. The molecule has 1 atom stereocenters. The van der Waals surface area contributed by atoms with Crippen LogP contribution in [0.2, 0.25) is 0 Å². The highest BCUT2D eigenvalue weighted by Gasteiger charge is 2.47. The molecule has 1 aromatic carbocycles. The van der Waals surface area contributed by atoms with E-state index >= 15 is 0 Å². The standard InChI is InChI=1S/C15H18F2N6O2/c16-9-3-4-10(17)11(5-9)22-23-12(6-18)13(24)21-7-15(20,14(19)25)8-1-2-8/h3-6,8,18,22H,1-2,7,20H2,(H2,19,25)(H,21,24)/b18-6?,23-12+/t15-/m0/s1. The number of carbonyl (C=O) groups is 2. The highest BCUT2D eigenvalue weighted by atomic mass is 19.1. The van der Waals surface area contributed by atoms with Crippen molar-refractivity contribution in [2.75, 3.05) is 12.0 Å². The van der Waals surface area contributed by atoms with Crippen LogP contribution >= 0.6 is 0 Å². The van der Waals surface area contributed by atoms with Crippen molar-refractivity contribution in [3.8, 4) is 0 Å². The van der Waals surface area contributed by atoms with Crippen LogP contribution in [-0.4, -0.2) is 35.8 Å². The third-order valence-corrected chi connectivity index (χ3v) is 3.90. The van der Waals surface area contributed by atoms with Gasteiger partial charge in [-0.1, -0.05) is 0 Å². The maximum Gasteiger partial charge on any atom is 0.273 e. The smallest absolute Gasteiger partial charge is 0.273 e. The van der Waals surface area contributed by atoms with E-state index in [4.69, 9.17) is 16.9 Å². The summed E-state index contributed by atoms with van der Waals surface area (Å²) >= 11 is 0. The Morgan fingerprint density at radius 3 is 2.64 bits per heavy atom. The number of amides is 2. The first-order valence-corrected chi connectivity index (χ1v) is 7.44. The van der Waals surface area contributed by atoms with Crippen LogP contribution in [0.25, 0.3) is 0 Å². The average molecular weight is 352 g/mol. The molecule has 1 aliphatic carbocycles. The van der Waals surface area contributed by atoms with Gasteiger partial charge in [-0.15, -0.1) is 0 Å². The van der Waals surface area contributed by atoms with E-state index in [0.717, 1.165) is 31.0 Å². The van der Waals surface area contributed by atoms with Gasteiger partial charge in [0.25, 0.3) is 5.91 Å². The topological polar surface area (TPSA) is 146 Å². The highest BCUT2D eigenvalue weighted by molar-refractivity contribution is 6.60. The van der Waals surface area contributed by atoms with Crippen LogP contribution in [0.4, 0.5) is 14.5 Å². The lowest BCUT2D eigenvalue weighted by Gasteiger charge is -2.25. The molecule has 1 aliphatic rings. The molecule has 2 amide bonds. The van der Waals surface area contributed by atoms with Gasteiger partial charge in [-0.05, 0) is 30.9 Å². The van der Waals surface area contributed by atoms with Gasteiger partial charge in [0.05, 0.1) is 11.9 Å². The molecule has 0 heterocycles. The second-order valence-corrected chi connectivity index (χ2v) is 5.74. The SMILES string of the molecule is N=C/C(=N\Nc1cc(F)ccc1F)C(=O)NC[C@@](N)(C(N)=O)C1CC1. The molecule has 134 valence electrons. The molecule has 1 saturated carbocycles. The Hall–Kier alpha value is -2.88. The summed E-state index contributed by atoms with van der Waals surface area (Å²) in [6, 6.07) is 2.67. The number of hydrogen-bond donors (Lipinski definition) is 5. The molecular weight excluding hydrogens is 334 g/mol. The number of anilines is 1. The summed E-state index contributed by atoms with van der Waals surface area (Å²) in [5.74, 6) is -3.12. The summed E-state index contributed by atoms with van der Waals surface area (Å²) < 4.78 is 26.6. The van der Waals surface area contributed by atoms with Crippen LogP contribution in [0, 0.1) is 23.0 Å². The normalized spacial score (nSPS) is 16.7. The third-order valence-electron chi connectivity index (χ3n) is 3.90. The van der Waals surface area contributed by atoms with Crippen LogP contribution in [0.1, 0.15) is 12.8 Å². The van der Waals surface area contributed by atoms with Crippen molar-refractivity contribution in [2.45, 2.75) is 18.4 Å². The van der Waals surface area contributed by atoms with Gasteiger partial charge in [0.15, 0.2) is 5.71 Å². The molecule has 1 fully saturated rings. The number of nitrogens with two attached hydrogens (primary N) is 2. The minimum Gasteiger partial charge on any atom is -0.368 e. The number of halogens is 2. The van der Waals surface area contributed by atoms with Crippen molar-refractivity contribution in [3.05, 3.63) is 29.8 Å². The first-order chi connectivity index (χ1) is 11.8. The molecular formula is C15H18F2N6O2. The van der Waals surface area contributed by atoms with E-state index in [0.29, 0.717) is 6.21 Å². The molecule has 7 N–H and O–H groups in total.